The zero-order valence-corrected chi connectivity index (χ0v) is 12.4. The molecule has 0 bridgehead atoms. The molecule has 0 saturated heterocycles. The number of para-hydroxylation sites is 1. The largest absolute Gasteiger partial charge is 0.330 e. The maximum absolute atomic E-state index is 11.8. The molecule has 1 saturated carbocycles. The average Bonchev–Trinajstić information content (AvgIpc) is 2.86. The third-order valence-corrected chi connectivity index (χ3v) is 5.46. The van der Waals surface area contributed by atoms with Gasteiger partial charge in [0.2, 0.25) is 10.0 Å². The van der Waals surface area contributed by atoms with Gasteiger partial charge in [-0.05, 0) is 24.5 Å². The highest BCUT2D eigenvalue weighted by atomic mass is 32.2. The lowest BCUT2D eigenvalue weighted by Gasteiger charge is -2.32. The average molecular weight is 282 g/mol. The normalized spacial score (nSPS) is 18.5. The van der Waals surface area contributed by atoms with Crippen molar-refractivity contribution in [1.29, 1.82) is 0 Å². The molecule has 106 valence electrons. The summed E-state index contributed by atoms with van der Waals surface area (Å²) in [7, 11) is -1.65. The molecule has 0 amide bonds. The second-order valence-electron chi connectivity index (χ2n) is 5.44. The van der Waals surface area contributed by atoms with Gasteiger partial charge in [-0.2, -0.15) is 0 Å². The Balaban J connectivity index is 2.53. The maximum atomic E-state index is 11.8. The van der Waals surface area contributed by atoms with Crippen LogP contribution >= 0.6 is 0 Å². The summed E-state index contributed by atoms with van der Waals surface area (Å²) in [6.07, 6.45) is 5.63. The number of rotatable bonds is 4. The van der Waals surface area contributed by atoms with E-state index in [9.17, 15) is 8.42 Å². The zero-order valence-electron chi connectivity index (χ0n) is 11.6. The Kier molecular flexibility index (Phi) is 3.87. The van der Waals surface area contributed by atoms with Crippen LogP contribution in [-0.2, 0) is 15.4 Å². The van der Waals surface area contributed by atoms with Crippen LogP contribution in [0.5, 0.6) is 0 Å². The van der Waals surface area contributed by atoms with Crippen LogP contribution in [0.25, 0.3) is 0 Å². The van der Waals surface area contributed by atoms with Crippen LogP contribution in [0.3, 0.4) is 0 Å². The van der Waals surface area contributed by atoms with Crippen molar-refractivity contribution in [2.45, 2.75) is 31.1 Å². The van der Waals surface area contributed by atoms with E-state index < -0.39 is 10.0 Å². The fourth-order valence-corrected chi connectivity index (χ4v) is 3.53. The predicted octanol–water partition coefficient (Wildman–Crippen LogP) is 1.85. The lowest BCUT2D eigenvalue weighted by atomic mass is 9.78. The van der Waals surface area contributed by atoms with Crippen molar-refractivity contribution in [3.63, 3.8) is 0 Å². The first-order valence-corrected chi connectivity index (χ1v) is 8.49. The van der Waals surface area contributed by atoms with Gasteiger partial charge in [0.1, 0.15) is 0 Å². The Morgan fingerprint density at radius 1 is 1.26 bits per heavy atom. The summed E-state index contributed by atoms with van der Waals surface area (Å²) in [6.45, 7) is 0.571. The van der Waals surface area contributed by atoms with E-state index in [0.29, 0.717) is 6.54 Å². The van der Waals surface area contributed by atoms with Gasteiger partial charge >= 0.3 is 0 Å². The molecule has 19 heavy (non-hydrogen) atoms. The highest BCUT2D eigenvalue weighted by Crippen LogP contribution is 2.44. The van der Waals surface area contributed by atoms with Gasteiger partial charge < -0.3 is 5.73 Å². The number of benzene rings is 1. The molecule has 0 aliphatic heterocycles. The minimum absolute atomic E-state index is 0.0600. The van der Waals surface area contributed by atoms with Crippen molar-refractivity contribution in [2.24, 2.45) is 5.73 Å². The van der Waals surface area contributed by atoms with Crippen LogP contribution in [-0.4, -0.2) is 28.3 Å². The van der Waals surface area contributed by atoms with E-state index in [0.717, 1.165) is 36.9 Å². The smallest absolute Gasteiger partial charge is 0.232 e. The Hall–Kier alpha value is -1.07. The van der Waals surface area contributed by atoms with E-state index in [4.69, 9.17) is 5.73 Å². The maximum Gasteiger partial charge on any atom is 0.232 e. The molecule has 1 aromatic rings. The number of sulfonamides is 1. The molecule has 0 aromatic heterocycles. The SMILES string of the molecule is CN(c1ccccc1C1(CN)CCCC1)S(C)(=O)=O. The number of nitrogens with two attached hydrogens (primary N) is 1. The van der Waals surface area contributed by atoms with Crippen molar-refractivity contribution in [1.82, 2.24) is 0 Å². The minimum atomic E-state index is -3.25. The lowest BCUT2D eigenvalue weighted by molar-refractivity contribution is 0.454. The molecular formula is C14H22N2O2S. The summed E-state index contributed by atoms with van der Waals surface area (Å²) in [5, 5.41) is 0. The number of hydrogen-bond donors (Lipinski definition) is 1. The number of anilines is 1. The third kappa shape index (κ3) is 2.62. The van der Waals surface area contributed by atoms with Crippen molar-refractivity contribution >= 4 is 15.7 Å². The van der Waals surface area contributed by atoms with E-state index in [1.165, 1.54) is 10.6 Å². The predicted molar refractivity (Wildman–Crippen MR) is 78.9 cm³/mol. The fourth-order valence-electron chi connectivity index (χ4n) is 3.01. The molecule has 0 spiro atoms. The summed E-state index contributed by atoms with van der Waals surface area (Å²) in [5.74, 6) is 0. The molecule has 0 heterocycles. The monoisotopic (exact) mass is 282 g/mol. The van der Waals surface area contributed by atoms with E-state index in [1.807, 2.05) is 24.3 Å². The van der Waals surface area contributed by atoms with Crippen molar-refractivity contribution < 1.29 is 8.42 Å². The molecule has 1 aliphatic rings. The summed E-state index contributed by atoms with van der Waals surface area (Å²) in [5.41, 5.74) is 7.78. The van der Waals surface area contributed by atoms with Crippen LogP contribution in [0, 0.1) is 0 Å². The Morgan fingerprint density at radius 2 is 1.84 bits per heavy atom. The highest BCUT2D eigenvalue weighted by Gasteiger charge is 2.37. The molecular weight excluding hydrogens is 260 g/mol. The first kappa shape index (κ1) is 14.3. The molecule has 0 atom stereocenters. The van der Waals surface area contributed by atoms with E-state index >= 15 is 0 Å². The molecule has 1 fully saturated rings. The van der Waals surface area contributed by atoms with Gasteiger partial charge in [0.25, 0.3) is 0 Å². The number of hydrogen-bond acceptors (Lipinski definition) is 3. The second kappa shape index (κ2) is 5.13. The van der Waals surface area contributed by atoms with Crippen molar-refractivity contribution in [3.8, 4) is 0 Å². The standard InChI is InChI=1S/C14H22N2O2S/c1-16(19(2,17)18)13-8-4-3-7-12(13)14(11-15)9-5-6-10-14/h3-4,7-8H,5-6,9-11,15H2,1-2H3. The first-order valence-electron chi connectivity index (χ1n) is 6.64. The number of nitrogens with zero attached hydrogens (tertiary/aromatic N) is 1. The van der Waals surface area contributed by atoms with Crippen LogP contribution in [0.1, 0.15) is 31.2 Å². The summed E-state index contributed by atoms with van der Waals surface area (Å²) in [6, 6.07) is 7.73. The molecule has 5 heteroatoms. The van der Waals surface area contributed by atoms with Gasteiger partial charge in [0.15, 0.2) is 0 Å². The zero-order chi connectivity index (χ0) is 14.1. The third-order valence-electron chi connectivity index (χ3n) is 4.26. The lowest BCUT2D eigenvalue weighted by Crippen LogP contribution is -2.35. The van der Waals surface area contributed by atoms with Gasteiger partial charge in [0, 0.05) is 19.0 Å². The topological polar surface area (TPSA) is 63.4 Å². The van der Waals surface area contributed by atoms with Crippen LogP contribution in [0.4, 0.5) is 5.69 Å². The molecule has 2 rings (SSSR count). The van der Waals surface area contributed by atoms with Crippen molar-refractivity contribution in [2.75, 3.05) is 24.2 Å². The summed E-state index contributed by atoms with van der Waals surface area (Å²) in [4.78, 5) is 0. The van der Waals surface area contributed by atoms with Gasteiger partial charge in [-0.25, -0.2) is 8.42 Å². The second-order valence-corrected chi connectivity index (χ2v) is 7.45. The Morgan fingerprint density at radius 3 is 2.37 bits per heavy atom. The van der Waals surface area contributed by atoms with Gasteiger partial charge in [-0.1, -0.05) is 31.0 Å². The fraction of sp³-hybridized carbons (Fsp3) is 0.571. The summed E-state index contributed by atoms with van der Waals surface area (Å²) < 4.78 is 24.9. The Labute approximate surface area is 115 Å². The van der Waals surface area contributed by atoms with E-state index in [1.54, 1.807) is 7.05 Å². The molecule has 1 aliphatic carbocycles. The van der Waals surface area contributed by atoms with Crippen LogP contribution in [0.15, 0.2) is 24.3 Å². The van der Waals surface area contributed by atoms with Gasteiger partial charge in [-0.15, -0.1) is 0 Å². The molecule has 4 nitrogen and oxygen atoms in total. The quantitative estimate of drug-likeness (QED) is 0.916. The summed E-state index contributed by atoms with van der Waals surface area (Å²) >= 11 is 0. The van der Waals surface area contributed by atoms with Crippen LogP contribution in [0.2, 0.25) is 0 Å². The highest BCUT2D eigenvalue weighted by molar-refractivity contribution is 7.92. The molecule has 0 radical (unpaired) electrons. The Bertz CT molecular complexity index is 548. The van der Waals surface area contributed by atoms with Gasteiger partial charge in [-0.3, -0.25) is 4.31 Å². The van der Waals surface area contributed by atoms with E-state index in [-0.39, 0.29) is 5.41 Å². The molecule has 1 aromatic carbocycles. The minimum Gasteiger partial charge on any atom is -0.330 e. The molecule has 2 N–H and O–H groups in total. The molecule has 0 unspecified atom stereocenters. The van der Waals surface area contributed by atoms with Crippen molar-refractivity contribution in [3.05, 3.63) is 29.8 Å². The van der Waals surface area contributed by atoms with Crippen LogP contribution < -0.4 is 10.0 Å². The van der Waals surface area contributed by atoms with E-state index in [2.05, 4.69) is 0 Å². The van der Waals surface area contributed by atoms with Gasteiger partial charge in [0.05, 0.1) is 11.9 Å². The first-order chi connectivity index (χ1) is 8.91.